The molecule has 0 spiro atoms. The summed E-state index contributed by atoms with van der Waals surface area (Å²) in [4.78, 5) is 25.9. The van der Waals surface area contributed by atoms with Crippen molar-refractivity contribution in [1.29, 1.82) is 5.26 Å². The molecule has 144 valence electrons. The molecule has 7 heteroatoms. The third kappa shape index (κ3) is 5.61. The van der Waals surface area contributed by atoms with E-state index in [0.717, 1.165) is 11.4 Å². The highest BCUT2D eigenvalue weighted by Gasteiger charge is 2.11. The number of nitriles is 1. The van der Waals surface area contributed by atoms with Gasteiger partial charge in [-0.2, -0.15) is 5.26 Å². The molecule has 0 unspecified atom stereocenters. The maximum Gasteiger partial charge on any atom is 0.338 e. The summed E-state index contributed by atoms with van der Waals surface area (Å²) in [6.45, 7) is 2.02. The van der Waals surface area contributed by atoms with E-state index in [0.29, 0.717) is 11.3 Å². The number of nitrogens with zero attached hydrogens (tertiary/aromatic N) is 2. The molecule has 1 amide bonds. The molecule has 0 aromatic heterocycles. The third-order valence-electron chi connectivity index (χ3n) is 3.76. The van der Waals surface area contributed by atoms with Crippen LogP contribution in [0.2, 0.25) is 0 Å². The van der Waals surface area contributed by atoms with Crippen LogP contribution in [0.25, 0.3) is 0 Å². The molecule has 0 fully saturated rings. The van der Waals surface area contributed by atoms with Gasteiger partial charge in [0.1, 0.15) is 11.6 Å². The Morgan fingerprint density at radius 2 is 1.86 bits per heavy atom. The number of benzene rings is 2. The fraction of sp³-hybridized carbons (Fsp3) is 0.190. The van der Waals surface area contributed by atoms with Gasteiger partial charge in [-0.3, -0.25) is 4.79 Å². The van der Waals surface area contributed by atoms with Crippen LogP contribution < -0.4 is 15.5 Å². The number of rotatable bonds is 7. The van der Waals surface area contributed by atoms with E-state index in [4.69, 9.17) is 4.74 Å². The Hall–Kier alpha value is -3.79. The molecule has 2 aromatic rings. The molecule has 0 heterocycles. The maximum absolute atomic E-state index is 12.3. The lowest BCUT2D eigenvalue weighted by atomic mass is 10.2. The molecule has 0 aliphatic carbocycles. The first-order chi connectivity index (χ1) is 13.4. The topological polar surface area (TPSA) is 94.5 Å². The average molecular weight is 378 g/mol. The summed E-state index contributed by atoms with van der Waals surface area (Å²) in [7, 11) is 3.85. The first-order valence-electron chi connectivity index (χ1n) is 8.67. The van der Waals surface area contributed by atoms with Gasteiger partial charge in [-0.25, -0.2) is 4.79 Å². The van der Waals surface area contributed by atoms with Crippen LogP contribution in [-0.2, 0) is 9.53 Å². The van der Waals surface area contributed by atoms with Crippen molar-refractivity contribution in [3.8, 4) is 6.07 Å². The molecule has 2 N–H and O–H groups in total. The van der Waals surface area contributed by atoms with Gasteiger partial charge in [0.25, 0.3) is 5.91 Å². The van der Waals surface area contributed by atoms with E-state index in [1.165, 1.54) is 6.20 Å². The van der Waals surface area contributed by atoms with E-state index in [2.05, 4.69) is 10.6 Å². The molecular formula is C21H22N4O3. The molecule has 2 aromatic carbocycles. The second kappa shape index (κ2) is 9.78. The van der Waals surface area contributed by atoms with Gasteiger partial charge in [-0.1, -0.05) is 6.07 Å². The van der Waals surface area contributed by atoms with Crippen LogP contribution in [0.1, 0.15) is 17.3 Å². The van der Waals surface area contributed by atoms with Crippen LogP contribution >= 0.6 is 0 Å². The number of ether oxygens (including phenoxy) is 1. The number of carbonyl (C=O) groups excluding carboxylic acids is 2. The van der Waals surface area contributed by atoms with Crippen LogP contribution in [0.5, 0.6) is 0 Å². The van der Waals surface area contributed by atoms with Crippen molar-refractivity contribution in [2.24, 2.45) is 0 Å². The Morgan fingerprint density at radius 1 is 1.14 bits per heavy atom. The van der Waals surface area contributed by atoms with E-state index in [1.54, 1.807) is 31.2 Å². The van der Waals surface area contributed by atoms with Crippen LogP contribution in [0.15, 0.2) is 60.3 Å². The highest BCUT2D eigenvalue weighted by molar-refractivity contribution is 6.06. The quantitative estimate of drug-likeness (QED) is 0.436. The van der Waals surface area contributed by atoms with E-state index in [-0.39, 0.29) is 12.2 Å². The largest absolute Gasteiger partial charge is 0.462 e. The monoisotopic (exact) mass is 378 g/mol. The Balaban J connectivity index is 2.05. The number of anilines is 3. The third-order valence-corrected chi connectivity index (χ3v) is 3.76. The van der Waals surface area contributed by atoms with Gasteiger partial charge in [-0.05, 0) is 49.4 Å². The number of amides is 1. The molecule has 28 heavy (non-hydrogen) atoms. The lowest BCUT2D eigenvalue weighted by molar-refractivity contribution is -0.112. The number of nitrogens with one attached hydrogen (secondary N) is 2. The number of hydrogen-bond donors (Lipinski definition) is 2. The first-order valence-corrected chi connectivity index (χ1v) is 8.67. The Labute approximate surface area is 164 Å². The summed E-state index contributed by atoms with van der Waals surface area (Å²) in [6, 6.07) is 15.7. The smallest absolute Gasteiger partial charge is 0.338 e. The van der Waals surface area contributed by atoms with Crippen LogP contribution in [0.4, 0.5) is 17.1 Å². The van der Waals surface area contributed by atoms with Gasteiger partial charge >= 0.3 is 5.97 Å². The second-order valence-corrected chi connectivity index (χ2v) is 6.01. The lowest BCUT2D eigenvalue weighted by Crippen LogP contribution is -2.15. The normalized spacial score (nSPS) is 10.6. The average Bonchev–Trinajstić information content (AvgIpc) is 2.69. The fourth-order valence-electron chi connectivity index (χ4n) is 2.28. The molecule has 0 atom stereocenters. The van der Waals surface area contributed by atoms with Crippen molar-refractivity contribution >= 4 is 28.9 Å². The molecule has 0 saturated heterocycles. The Bertz CT molecular complexity index is 912. The zero-order valence-corrected chi connectivity index (χ0v) is 16.0. The molecule has 2 rings (SSSR count). The van der Waals surface area contributed by atoms with E-state index >= 15 is 0 Å². The highest BCUT2D eigenvalue weighted by Crippen LogP contribution is 2.18. The molecular weight excluding hydrogens is 356 g/mol. The Kier molecular flexibility index (Phi) is 7.17. The second-order valence-electron chi connectivity index (χ2n) is 6.01. The lowest BCUT2D eigenvalue weighted by Gasteiger charge is -2.13. The predicted molar refractivity (Wildman–Crippen MR) is 109 cm³/mol. The molecule has 7 nitrogen and oxygen atoms in total. The summed E-state index contributed by atoms with van der Waals surface area (Å²) in [5, 5.41) is 14.9. The van der Waals surface area contributed by atoms with Crippen molar-refractivity contribution < 1.29 is 14.3 Å². The van der Waals surface area contributed by atoms with Gasteiger partial charge in [0.2, 0.25) is 0 Å². The van der Waals surface area contributed by atoms with Gasteiger partial charge in [-0.15, -0.1) is 0 Å². The fourth-order valence-corrected chi connectivity index (χ4v) is 2.28. The zero-order valence-electron chi connectivity index (χ0n) is 16.0. The maximum atomic E-state index is 12.3. The van der Waals surface area contributed by atoms with Gasteiger partial charge < -0.3 is 20.3 Å². The molecule has 0 aliphatic heterocycles. The van der Waals surface area contributed by atoms with Gasteiger partial charge in [0, 0.05) is 37.4 Å². The predicted octanol–water partition coefficient (Wildman–Crippen LogP) is 3.39. The number of hydrogen-bond acceptors (Lipinski definition) is 6. The number of esters is 1. The minimum absolute atomic E-state index is 0.0790. The summed E-state index contributed by atoms with van der Waals surface area (Å²) in [5.74, 6) is -0.982. The molecule has 0 radical (unpaired) electrons. The summed E-state index contributed by atoms with van der Waals surface area (Å²) in [6.07, 6.45) is 1.36. The standard InChI is InChI=1S/C21H22N4O3/c1-4-28-21(27)15-8-10-17(11-9-15)24-20(26)16(13-22)14-23-18-6-5-7-19(12-18)25(2)3/h5-12,14,23H,4H2,1-3H3,(H,24,26)/b16-14-. The highest BCUT2D eigenvalue weighted by atomic mass is 16.5. The van der Waals surface area contributed by atoms with Crippen LogP contribution in [0, 0.1) is 11.3 Å². The summed E-state index contributed by atoms with van der Waals surface area (Å²) in [5.41, 5.74) is 2.52. The van der Waals surface area contributed by atoms with E-state index in [1.807, 2.05) is 49.3 Å². The van der Waals surface area contributed by atoms with Gasteiger partial charge in [0.05, 0.1) is 12.2 Å². The minimum atomic E-state index is -0.553. The van der Waals surface area contributed by atoms with Crippen molar-refractivity contribution in [3.05, 3.63) is 65.9 Å². The van der Waals surface area contributed by atoms with Crippen LogP contribution in [-0.4, -0.2) is 32.6 Å². The minimum Gasteiger partial charge on any atom is -0.462 e. The van der Waals surface area contributed by atoms with Crippen LogP contribution in [0.3, 0.4) is 0 Å². The van der Waals surface area contributed by atoms with Crippen molar-refractivity contribution in [3.63, 3.8) is 0 Å². The van der Waals surface area contributed by atoms with Crippen molar-refractivity contribution in [2.45, 2.75) is 6.92 Å². The zero-order chi connectivity index (χ0) is 20.5. The summed E-state index contributed by atoms with van der Waals surface area (Å²) >= 11 is 0. The van der Waals surface area contributed by atoms with Crippen molar-refractivity contribution in [1.82, 2.24) is 0 Å². The van der Waals surface area contributed by atoms with E-state index in [9.17, 15) is 14.9 Å². The molecule has 0 aliphatic rings. The van der Waals surface area contributed by atoms with Crippen molar-refractivity contribution in [2.75, 3.05) is 36.2 Å². The molecule has 0 bridgehead atoms. The SMILES string of the molecule is CCOC(=O)c1ccc(NC(=O)/C(C#N)=C\Nc2cccc(N(C)C)c2)cc1. The first kappa shape index (κ1) is 20.5. The summed E-state index contributed by atoms with van der Waals surface area (Å²) < 4.78 is 4.91. The molecule has 0 saturated carbocycles. The Morgan fingerprint density at radius 3 is 2.46 bits per heavy atom. The number of carbonyl (C=O) groups is 2. The van der Waals surface area contributed by atoms with Gasteiger partial charge in [0.15, 0.2) is 0 Å². The van der Waals surface area contributed by atoms with E-state index < -0.39 is 11.9 Å².